The number of hydrogen-bond acceptors (Lipinski definition) is 4. The number of benzene rings is 1. The van der Waals surface area contributed by atoms with Gasteiger partial charge in [0, 0.05) is 6.54 Å². The van der Waals surface area contributed by atoms with E-state index in [-0.39, 0.29) is 18.0 Å². The highest BCUT2D eigenvalue weighted by Crippen LogP contribution is 2.52. The van der Waals surface area contributed by atoms with E-state index >= 15 is 0 Å². The molecule has 26 heavy (non-hydrogen) atoms. The Bertz CT molecular complexity index is 716. The van der Waals surface area contributed by atoms with Gasteiger partial charge in [0.15, 0.2) is 0 Å². The van der Waals surface area contributed by atoms with Gasteiger partial charge < -0.3 is 14.4 Å². The number of esters is 1. The third-order valence-electron chi connectivity index (χ3n) is 5.71. The number of carbonyl (C=O) groups excluding carboxylic acids is 2. The van der Waals surface area contributed by atoms with Crippen LogP contribution < -0.4 is 0 Å². The SMILES string of the molecule is CCCCOC(=O)[C@H]1[C@@H]2C=C[C@]3(CN(CCc4ccccc4)C(=O)[C@H]13)O2. The van der Waals surface area contributed by atoms with Crippen LogP contribution in [0.4, 0.5) is 0 Å². The summed E-state index contributed by atoms with van der Waals surface area (Å²) in [4.78, 5) is 27.5. The summed E-state index contributed by atoms with van der Waals surface area (Å²) in [6.45, 7) is 3.63. The molecule has 0 saturated carbocycles. The second kappa shape index (κ2) is 6.88. The van der Waals surface area contributed by atoms with Crippen LogP contribution >= 0.6 is 0 Å². The van der Waals surface area contributed by atoms with E-state index in [2.05, 4.69) is 19.1 Å². The number of unbranched alkanes of at least 4 members (excludes halogenated alkanes) is 1. The summed E-state index contributed by atoms with van der Waals surface area (Å²) in [6, 6.07) is 10.1. The van der Waals surface area contributed by atoms with Gasteiger partial charge in [0.2, 0.25) is 5.91 Å². The number of hydrogen-bond donors (Lipinski definition) is 0. The fourth-order valence-corrected chi connectivity index (χ4v) is 4.36. The zero-order valence-corrected chi connectivity index (χ0v) is 15.1. The van der Waals surface area contributed by atoms with Crippen LogP contribution in [0.25, 0.3) is 0 Å². The van der Waals surface area contributed by atoms with Crippen molar-refractivity contribution in [3.63, 3.8) is 0 Å². The Morgan fingerprint density at radius 2 is 2.15 bits per heavy atom. The van der Waals surface area contributed by atoms with Gasteiger partial charge in [-0.25, -0.2) is 0 Å². The number of nitrogens with zero attached hydrogens (tertiary/aromatic N) is 1. The van der Waals surface area contributed by atoms with Crippen LogP contribution in [0.15, 0.2) is 42.5 Å². The molecule has 5 heteroatoms. The fourth-order valence-electron chi connectivity index (χ4n) is 4.36. The maximum atomic E-state index is 13.0. The van der Waals surface area contributed by atoms with Crippen molar-refractivity contribution in [2.45, 2.75) is 37.9 Å². The highest BCUT2D eigenvalue weighted by molar-refractivity contribution is 5.91. The zero-order chi connectivity index (χ0) is 18.1. The van der Waals surface area contributed by atoms with E-state index in [4.69, 9.17) is 9.47 Å². The van der Waals surface area contributed by atoms with Crippen LogP contribution in [0.5, 0.6) is 0 Å². The van der Waals surface area contributed by atoms with E-state index in [9.17, 15) is 9.59 Å². The van der Waals surface area contributed by atoms with Gasteiger partial charge in [0.25, 0.3) is 0 Å². The molecule has 1 aromatic rings. The van der Waals surface area contributed by atoms with Crippen molar-refractivity contribution in [3.05, 3.63) is 48.0 Å². The highest BCUT2D eigenvalue weighted by atomic mass is 16.6. The molecule has 1 spiro atoms. The standard InChI is InChI=1S/C21H25NO4/c1-2-3-13-25-20(24)17-16-9-11-21(26-16)14-22(19(23)18(17)21)12-10-15-7-5-4-6-8-15/h4-9,11,16-18H,2-3,10,12-14H2,1H3/t16-,17-,18-,21+/m0/s1. The van der Waals surface area contributed by atoms with Gasteiger partial charge >= 0.3 is 5.97 Å². The van der Waals surface area contributed by atoms with Crippen molar-refractivity contribution >= 4 is 11.9 Å². The van der Waals surface area contributed by atoms with Crippen molar-refractivity contribution in [1.82, 2.24) is 4.90 Å². The molecule has 0 radical (unpaired) electrons. The van der Waals surface area contributed by atoms with E-state index in [1.807, 2.05) is 35.3 Å². The second-order valence-corrected chi connectivity index (χ2v) is 7.42. The Hall–Kier alpha value is -2.14. The minimum absolute atomic E-state index is 0.0187. The Morgan fingerprint density at radius 3 is 2.92 bits per heavy atom. The molecule has 5 nitrogen and oxygen atoms in total. The van der Waals surface area contributed by atoms with E-state index in [1.54, 1.807) is 0 Å². The lowest BCUT2D eigenvalue weighted by atomic mass is 9.77. The number of likely N-dealkylation sites (tertiary alicyclic amines) is 1. The van der Waals surface area contributed by atoms with Crippen LogP contribution in [0.3, 0.4) is 0 Å². The van der Waals surface area contributed by atoms with Gasteiger partial charge in [0.1, 0.15) is 11.5 Å². The van der Waals surface area contributed by atoms with Gasteiger partial charge in [-0.15, -0.1) is 0 Å². The first-order valence-electron chi connectivity index (χ1n) is 9.51. The molecule has 0 aliphatic carbocycles. The third-order valence-corrected chi connectivity index (χ3v) is 5.71. The Kier molecular flexibility index (Phi) is 4.57. The minimum atomic E-state index is -0.646. The first kappa shape index (κ1) is 17.3. The van der Waals surface area contributed by atoms with Gasteiger partial charge in [-0.3, -0.25) is 9.59 Å². The summed E-state index contributed by atoms with van der Waals surface area (Å²) in [7, 11) is 0. The van der Waals surface area contributed by atoms with Crippen LogP contribution in [0, 0.1) is 11.8 Å². The number of carbonyl (C=O) groups is 2. The summed E-state index contributed by atoms with van der Waals surface area (Å²) in [5, 5.41) is 0. The van der Waals surface area contributed by atoms with Gasteiger partial charge in [0.05, 0.1) is 25.2 Å². The zero-order valence-electron chi connectivity index (χ0n) is 15.1. The Balaban J connectivity index is 1.45. The molecule has 2 saturated heterocycles. The molecule has 1 amide bonds. The van der Waals surface area contributed by atoms with Crippen LogP contribution in [-0.4, -0.2) is 48.2 Å². The predicted octanol–water partition coefficient (Wildman–Crippen LogP) is 2.35. The fraction of sp³-hybridized carbons (Fsp3) is 0.524. The first-order chi connectivity index (χ1) is 12.6. The van der Waals surface area contributed by atoms with Gasteiger partial charge in [-0.05, 0) is 18.4 Å². The van der Waals surface area contributed by atoms with E-state index < -0.39 is 17.4 Å². The average molecular weight is 355 g/mol. The smallest absolute Gasteiger partial charge is 0.312 e. The summed E-state index contributed by atoms with van der Waals surface area (Å²) < 4.78 is 11.5. The maximum absolute atomic E-state index is 13.0. The van der Waals surface area contributed by atoms with Crippen LogP contribution in [0.1, 0.15) is 25.3 Å². The molecule has 3 aliphatic heterocycles. The average Bonchev–Trinajstić information content (AvgIpc) is 3.29. The quantitative estimate of drug-likeness (QED) is 0.428. The number of fused-ring (bicyclic) bond motifs is 1. The lowest BCUT2D eigenvalue weighted by Gasteiger charge is -2.22. The summed E-state index contributed by atoms with van der Waals surface area (Å²) in [5.41, 5.74) is 0.554. The molecular formula is C21H25NO4. The number of ether oxygens (including phenoxy) is 2. The van der Waals surface area contributed by atoms with E-state index in [1.165, 1.54) is 5.56 Å². The lowest BCUT2D eigenvalue weighted by Crippen LogP contribution is -2.40. The van der Waals surface area contributed by atoms with Crippen molar-refractivity contribution in [3.8, 4) is 0 Å². The summed E-state index contributed by atoms with van der Waals surface area (Å²) in [5.74, 6) is -1.23. The molecule has 2 bridgehead atoms. The van der Waals surface area contributed by atoms with E-state index in [0.717, 1.165) is 19.3 Å². The van der Waals surface area contributed by atoms with Gasteiger partial charge in [-0.1, -0.05) is 55.8 Å². The molecule has 2 fully saturated rings. The van der Waals surface area contributed by atoms with Crippen molar-refractivity contribution in [2.24, 2.45) is 11.8 Å². The van der Waals surface area contributed by atoms with Crippen LogP contribution in [0.2, 0.25) is 0 Å². The summed E-state index contributed by atoms with van der Waals surface area (Å²) in [6.07, 6.45) is 6.20. The molecule has 0 unspecified atom stereocenters. The largest absolute Gasteiger partial charge is 0.465 e. The Labute approximate surface area is 154 Å². The topological polar surface area (TPSA) is 55.8 Å². The van der Waals surface area contributed by atoms with Crippen LogP contribution in [-0.2, 0) is 25.5 Å². The van der Waals surface area contributed by atoms with Crippen molar-refractivity contribution < 1.29 is 19.1 Å². The predicted molar refractivity (Wildman–Crippen MR) is 96.3 cm³/mol. The molecule has 3 aliphatic rings. The molecule has 0 aromatic heterocycles. The number of amides is 1. The van der Waals surface area contributed by atoms with Gasteiger partial charge in [-0.2, -0.15) is 0 Å². The normalized spacial score (nSPS) is 31.5. The first-order valence-corrected chi connectivity index (χ1v) is 9.51. The van der Waals surface area contributed by atoms with Crippen molar-refractivity contribution in [1.29, 1.82) is 0 Å². The molecular weight excluding hydrogens is 330 g/mol. The third kappa shape index (κ3) is 2.84. The Morgan fingerprint density at radius 1 is 1.35 bits per heavy atom. The second-order valence-electron chi connectivity index (χ2n) is 7.42. The molecule has 0 N–H and O–H groups in total. The maximum Gasteiger partial charge on any atom is 0.312 e. The molecule has 4 atom stereocenters. The minimum Gasteiger partial charge on any atom is -0.465 e. The molecule has 1 aromatic carbocycles. The molecule has 3 heterocycles. The van der Waals surface area contributed by atoms with Crippen molar-refractivity contribution in [2.75, 3.05) is 19.7 Å². The summed E-state index contributed by atoms with van der Waals surface area (Å²) >= 11 is 0. The monoisotopic (exact) mass is 355 g/mol. The lowest BCUT2D eigenvalue weighted by molar-refractivity contribution is -0.153. The molecule has 138 valence electrons. The highest BCUT2D eigenvalue weighted by Gasteiger charge is 2.67. The number of rotatable bonds is 7. The van der Waals surface area contributed by atoms with E-state index in [0.29, 0.717) is 19.7 Å². The molecule has 4 rings (SSSR count).